The number of aryl methyl sites for hydroxylation is 1. The first-order chi connectivity index (χ1) is 11.6. The number of hydrogen-bond acceptors (Lipinski definition) is 7. The first-order valence-electron chi connectivity index (χ1n) is 6.95. The van der Waals surface area contributed by atoms with E-state index in [0.717, 1.165) is 11.4 Å². The molecular weight excluding hydrogens is 396 g/mol. The lowest BCUT2D eigenvalue weighted by Crippen LogP contribution is -2.13. The SMILES string of the molecule is CCc1nnc(NC(=O)C(C#N)=Cc2cc3c(cc2Br)OCO3)s1. The van der Waals surface area contributed by atoms with E-state index in [1.165, 1.54) is 17.4 Å². The second-order valence-electron chi connectivity index (χ2n) is 4.71. The van der Waals surface area contributed by atoms with E-state index in [1.807, 2.05) is 13.0 Å². The molecule has 0 radical (unpaired) electrons. The zero-order valence-electron chi connectivity index (χ0n) is 12.5. The highest BCUT2D eigenvalue weighted by molar-refractivity contribution is 9.10. The molecule has 0 fully saturated rings. The molecule has 0 atom stereocenters. The number of nitrogens with one attached hydrogen (secondary N) is 1. The van der Waals surface area contributed by atoms with E-state index in [1.54, 1.807) is 12.1 Å². The predicted molar refractivity (Wildman–Crippen MR) is 91.8 cm³/mol. The van der Waals surface area contributed by atoms with Crippen molar-refractivity contribution in [1.82, 2.24) is 10.2 Å². The fourth-order valence-electron chi connectivity index (χ4n) is 1.96. The Hall–Kier alpha value is -2.44. The largest absolute Gasteiger partial charge is 0.454 e. The number of carbonyl (C=O) groups is 1. The number of halogens is 1. The zero-order valence-corrected chi connectivity index (χ0v) is 14.9. The number of aromatic nitrogens is 2. The van der Waals surface area contributed by atoms with Crippen LogP contribution >= 0.6 is 27.3 Å². The van der Waals surface area contributed by atoms with E-state index < -0.39 is 5.91 Å². The Bertz CT molecular complexity index is 872. The molecule has 0 spiro atoms. The van der Waals surface area contributed by atoms with Gasteiger partial charge in [-0.05, 0) is 30.2 Å². The van der Waals surface area contributed by atoms with E-state index in [0.29, 0.717) is 26.7 Å². The molecular formula is C15H11BrN4O3S. The molecule has 2 heterocycles. The van der Waals surface area contributed by atoms with Gasteiger partial charge in [0.15, 0.2) is 11.5 Å². The van der Waals surface area contributed by atoms with Crippen molar-refractivity contribution in [3.63, 3.8) is 0 Å². The Labute approximate surface area is 150 Å². The third kappa shape index (κ3) is 3.39. The Kier molecular flexibility index (Phi) is 4.78. The fraction of sp³-hybridized carbons (Fsp3) is 0.200. The predicted octanol–water partition coefficient (Wildman–Crippen LogP) is 3.14. The van der Waals surface area contributed by atoms with Crippen LogP contribution in [-0.4, -0.2) is 22.9 Å². The summed E-state index contributed by atoms with van der Waals surface area (Å²) in [5.41, 5.74) is 0.584. The van der Waals surface area contributed by atoms with Crippen molar-refractivity contribution in [2.75, 3.05) is 12.1 Å². The number of fused-ring (bicyclic) bond motifs is 1. The average molecular weight is 407 g/mol. The van der Waals surface area contributed by atoms with Gasteiger partial charge in [-0.15, -0.1) is 10.2 Å². The van der Waals surface area contributed by atoms with Gasteiger partial charge in [-0.3, -0.25) is 10.1 Å². The summed E-state index contributed by atoms with van der Waals surface area (Å²) in [6, 6.07) is 5.34. The second kappa shape index (κ2) is 6.98. The number of anilines is 1. The normalized spacial score (nSPS) is 12.8. The average Bonchev–Trinajstić information content (AvgIpc) is 3.20. The number of nitriles is 1. The van der Waals surface area contributed by atoms with Gasteiger partial charge >= 0.3 is 0 Å². The first kappa shape index (κ1) is 16.4. The van der Waals surface area contributed by atoms with Crippen LogP contribution in [0.1, 0.15) is 17.5 Å². The first-order valence-corrected chi connectivity index (χ1v) is 8.56. The highest BCUT2D eigenvalue weighted by Gasteiger charge is 2.18. The second-order valence-corrected chi connectivity index (χ2v) is 6.62. The fourth-order valence-corrected chi connectivity index (χ4v) is 3.07. The third-order valence-corrected chi connectivity index (χ3v) is 4.82. The van der Waals surface area contributed by atoms with Crippen molar-refractivity contribution in [2.45, 2.75) is 13.3 Å². The van der Waals surface area contributed by atoms with Gasteiger partial charge in [0.05, 0.1) is 0 Å². The van der Waals surface area contributed by atoms with Gasteiger partial charge in [0, 0.05) is 4.47 Å². The molecule has 0 unspecified atom stereocenters. The quantitative estimate of drug-likeness (QED) is 0.618. The maximum Gasteiger partial charge on any atom is 0.268 e. The van der Waals surface area contributed by atoms with Crippen molar-refractivity contribution in [2.24, 2.45) is 0 Å². The van der Waals surface area contributed by atoms with E-state index in [4.69, 9.17) is 9.47 Å². The molecule has 2 aromatic rings. The van der Waals surface area contributed by atoms with Crippen LogP contribution in [0.3, 0.4) is 0 Å². The molecule has 7 nitrogen and oxygen atoms in total. The Balaban J connectivity index is 1.84. The van der Waals surface area contributed by atoms with E-state index in [9.17, 15) is 10.1 Å². The van der Waals surface area contributed by atoms with Crippen molar-refractivity contribution >= 4 is 44.4 Å². The van der Waals surface area contributed by atoms with Crippen LogP contribution in [-0.2, 0) is 11.2 Å². The number of benzene rings is 1. The summed E-state index contributed by atoms with van der Waals surface area (Å²) in [4.78, 5) is 12.3. The summed E-state index contributed by atoms with van der Waals surface area (Å²) in [6.07, 6.45) is 2.21. The van der Waals surface area contributed by atoms with Crippen LogP contribution in [0.2, 0.25) is 0 Å². The zero-order chi connectivity index (χ0) is 17.1. The molecule has 122 valence electrons. The number of carbonyl (C=O) groups excluding carboxylic acids is 1. The Morgan fingerprint density at radius 2 is 2.21 bits per heavy atom. The smallest absolute Gasteiger partial charge is 0.268 e. The van der Waals surface area contributed by atoms with Crippen LogP contribution in [0.4, 0.5) is 5.13 Å². The van der Waals surface area contributed by atoms with Crippen LogP contribution in [0.25, 0.3) is 6.08 Å². The van der Waals surface area contributed by atoms with E-state index in [2.05, 4.69) is 31.4 Å². The van der Waals surface area contributed by atoms with Gasteiger partial charge in [0.1, 0.15) is 16.6 Å². The van der Waals surface area contributed by atoms with Gasteiger partial charge in [-0.25, -0.2) is 0 Å². The molecule has 24 heavy (non-hydrogen) atoms. The molecule has 0 saturated heterocycles. The van der Waals surface area contributed by atoms with Crippen LogP contribution in [0.5, 0.6) is 11.5 Å². The summed E-state index contributed by atoms with van der Waals surface area (Å²) in [7, 11) is 0. The minimum absolute atomic E-state index is 0.0530. The number of ether oxygens (including phenoxy) is 2. The van der Waals surface area contributed by atoms with E-state index in [-0.39, 0.29) is 12.4 Å². The maximum absolute atomic E-state index is 12.3. The molecule has 1 amide bonds. The number of amides is 1. The standard InChI is InChI=1S/C15H11BrN4O3S/c1-2-13-19-20-15(24-13)18-14(21)9(6-17)3-8-4-11-12(5-10(8)16)23-7-22-11/h3-5H,2,7H2,1H3,(H,18,20,21). The monoisotopic (exact) mass is 406 g/mol. The number of hydrogen-bond donors (Lipinski definition) is 1. The summed E-state index contributed by atoms with van der Waals surface area (Å²) < 4.78 is 11.3. The van der Waals surface area contributed by atoms with Crippen molar-refractivity contribution in [3.05, 3.63) is 32.7 Å². The van der Waals surface area contributed by atoms with Crippen molar-refractivity contribution in [3.8, 4) is 17.6 Å². The third-order valence-electron chi connectivity index (χ3n) is 3.15. The molecule has 0 aliphatic carbocycles. The molecule has 0 saturated carbocycles. The lowest BCUT2D eigenvalue weighted by atomic mass is 10.1. The van der Waals surface area contributed by atoms with Crippen molar-refractivity contribution < 1.29 is 14.3 Å². The topological polar surface area (TPSA) is 97.1 Å². The Morgan fingerprint density at radius 1 is 1.46 bits per heavy atom. The highest BCUT2D eigenvalue weighted by Crippen LogP contribution is 2.37. The molecule has 1 N–H and O–H groups in total. The van der Waals surface area contributed by atoms with Crippen molar-refractivity contribution in [1.29, 1.82) is 5.26 Å². The van der Waals surface area contributed by atoms with Gasteiger partial charge in [-0.2, -0.15) is 5.26 Å². The van der Waals surface area contributed by atoms with Gasteiger partial charge < -0.3 is 9.47 Å². The van der Waals surface area contributed by atoms with Crippen LogP contribution in [0, 0.1) is 11.3 Å². The minimum Gasteiger partial charge on any atom is -0.454 e. The number of rotatable bonds is 4. The molecule has 9 heteroatoms. The lowest BCUT2D eigenvalue weighted by Gasteiger charge is -2.03. The molecule has 1 aromatic heterocycles. The molecule has 0 bridgehead atoms. The Morgan fingerprint density at radius 3 is 2.88 bits per heavy atom. The summed E-state index contributed by atoms with van der Waals surface area (Å²) in [5.74, 6) is 0.641. The summed E-state index contributed by atoms with van der Waals surface area (Å²) in [6.45, 7) is 2.10. The van der Waals surface area contributed by atoms with E-state index >= 15 is 0 Å². The summed E-state index contributed by atoms with van der Waals surface area (Å²) >= 11 is 4.67. The maximum atomic E-state index is 12.3. The minimum atomic E-state index is -0.541. The van der Waals surface area contributed by atoms with Gasteiger partial charge in [0.25, 0.3) is 5.91 Å². The molecule has 1 aliphatic heterocycles. The molecule has 1 aliphatic rings. The highest BCUT2D eigenvalue weighted by atomic mass is 79.9. The number of nitrogens with zero attached hydrogens (tertiary/aromatic N) is 3. The lowest BCUT2D eigenvalue weighted by molar-refractivity contribution is -0.112. The van der Waals surface area contributed by atoms with Gasteiger partial charge in [-0.1, -0.05) is 34.2 Å². The van der Waals surface area contributed by atoms with Gasteiger partial charge in [0.2, 0.25) is 11.9 Å². The molecule has 1 aromatic carbocycles. The van der Waals surface area contributed by atoms with Crippen LogP contribution in [0.15, 0.2) is 22.2 Å². The molecule has 3 rings (SSSR count). The van der Waals surface area contributed by atoms with Crippen LogP contribution < -0.4 is 14.8 Å². The summed E-state index contributed by atoms with van der Waals surface area (Å²) in [5, 5.41) is 20.8.